The lowest BCUT2D eigenvalue weighted by molar-refractivity contribution is -0.139. The largest absolute Gasteiger partial charge is 0.482 e. The standard InChI is InChI=1S/C34H39ClO5/c1-6-7-8-32-29(24-10-12-25(35)13-11-24)19-28(21(2)3)34(40-32)30-18-27(15-16-31(30)38-20-33(36)37)39-26-14-9-22(4)23(5)17-26/h9-18,28-29,32,34H,2,6-8,19-20H2,1,3-5H3,(H,36,37)/t28-,29-,32+,34+/m0/s1. The first-order valence-electron chi connectivity index (χ1n) is 14.0. The molecule has 3 aromatic carbocycles. The van der Waals surface area contributed by atoms with Gasteiger partial charge < -0.3 is 19.3 Å². The van der Waals surface area contributed by atoms with Crippen molar-refractivity contribution >= 4 is 17.6 Å². The molecular formula is C34H39ClO5. The summed E-state index contributed by atoms with van der Waals surface area (Å²) >= 11 is 6.20. The van der Waals surface area contributed by atoms with E-state index in [0.29, 0.717) is 16.5 Å². The Hall–Kier alpha value is -3.28. The van der Waals surface area contributed by atoms with E-state index < -0.39 is 12.6 Å². The van der Waals surface area contributed by atoms with Gasteiger partial charge in [-0.15, -0.1) is 0 Å². The summed E-state index contributed by atoms with van der Waals surface area (Å²) in [7, 11) is 0. The second kappa shape index (κ2) is 13.4. The van der Waals surface area contributed by atoms with Crippen LogP contribution in [-0.4, -0.2) is 23.8 Å². The molecule has 4 rings (SSSR count). The monoisotopic (exact) mass is 562 g/mol. The average Bonchev–Trinajstić information content (AvgIpc) is 2.93. The Labute approximate surface area is 242 Å². The predicted octanol–water partition coefficient (Wildman–Crippen LogP) is 9.21. The number of unbranched alkanes of at least 4 members (excludes halogenated alkanes) is 1. The number of benzene rings is 3. The summed E-state index contributed by atoms with van der Waals surface area (Å²) in [6.07, 6.45) is 3.46. The van der Waals surface area contributed by atoms with Crippen molar-refractivity contribution in [1.29, 1.82) is 0 Å². The molecule has 0 aliphatic carbocycles. The average molecular weight is 563 g/mol. The van der Waals surface area contributed by atoms with Gasteiger partial charge in [-0.2, -0.15) is 0 Å². The highest BCUT2D eigenvalue weighted by molar-refractivity contribution is 6.30. The Kier molecular flexibility index (Phi) is 9.94. The van der Waals surface area contributed by atoms with Crippen LogP contribution in [0.2, 0.25) is 5.02 Å². The molecule has 5 nitrogen and oxygen atoms in total. The van der Waals surface area contributed by atoms with E-state index in [1.165, 1.54) is 11.1 Å². The second-order valence-corrected chi connectivity index (χ2v) is 11.3. The van der Waals surface area contributed by atoms with E-state index >= 15 is 0 Å². The molecule has 4 atom stereocenters. The van der Waals surface area contributed by atoms with Gasteiger partial charge in [0.25, 0.3) is 0 Å². The molecule has 0 aromatic heterocycles. The molecule has 6 heteroatoms. The summed E-state index contributed by atoms with van der Waals surface area (Å²) in [5.74, 6) is 0.979. The van der Waals surface area contributed by atoms with Gasteiger partial charge >= 0.3 is 5.97 Å². The minimum atomic E-state index is -1.04. The molecule has 0 amide bonds. The van der Waals surface area contributed by atoms with E-state index in [4.69, 9.17) is 25.8 Å². The molecule has 1 N–H and O–H groups in total. The van der Waals surface area contributed by atoms with Crippen molar-refractivity contribution in [3.8, 4) is 17.2 Å². The fraction of sp³-hybridized carbons (Fsp3) is 0.382. The lowest BCUT2D eigenvalue weighted by Gasteiger charge is -2.43. The van der Waals surface area contributed by atoms with Crippen molar-refractivity contribution in [2.24, 2.45) is 5.92 Å². The van der Waals surface area contributed by atoms with Crippen molar-refractivity contribution < 1.29 is 24.1 Å². The number of rotatable bonds is 11. The van der Waals surface area contributed by atoms with Gasteiger partial charge in [0.15, 0.2) is 6.61 Å². The van der Waals surface area contributed by atoms with E-state index in [0.717, 1.165) is 48.1 Å². The molecule has 1 saturated heterocycles. The lowest BCUT2D eigenvalue weighted by Crippen LogP contribution is -2.36. The molecule has 1 fully saturated rings. The maximum Gasteiger partial charge on any atom is 0.341 e. The molecule has 0 radical (unpaired) electrons. The first-order valence-corrected chi connectivity index (χ1v) is 14.3. The molecule has 212 valence electrons. The van der Waals surface area contributed by atoms with Gasteiger partial charge in [-0.25, -0.2) is 4.79 Å². The van der Waals surface area contributed by atoms with Crippen LogP contribution in [0.25, 0.3) is 0 Å². The maximum atomic E-state index is 11.4. The van der Waals surface area contributed by atoms with Crippen LogP contribution in [0.1, 0.15) is 73.8 Å². The zero-order valence-corrected chi connectivity index (χ0v) is 24.5. The van der Waals surface area contributed by atoms with E-state index in [2.05, 4.69) is 39.5 Å². The van der Waals surface area contributed by atoms with Crippen molar-refractivity contribution in [1.82, 2.24) is 0 Å². The Morgan fingerprint density at radius 3 is 2.40 bits per heavy atom. The number of aryl methyl sites for hydroxylation is 2. The van der Waals surface area contributed by atoms with E-state index in [1.54, 1.807) is 12.1 Å². The van der Waals surface area contributed by atoms with Crippen LogP contribution in [0, 0.1) is 19.8 Å². The van der Waals surface area contributed by atoms with Crippen molar-refractivity contribution in [3.05, 3.63) is 100 Å². The molecule has 3 aromatic rings. The number of carbonyl (C=O) groups is 1. The quantitative estimate of drug-likeness (QED) is 0.236. The maximum absolute atomic E-state index is 11.4. The molecule has 1 aliphatic heterocycles. The number of halogens is 1. The summed E-state index contributed by atoms with van der Waals surface area (Å²) in [5, 5.41) is 10.0. The van der Waals surface area contributed by atoms with Crippen molar-refractivity contribution in [2.75, 3.05) is 6.61 Å². The molecule has 0 saturated carbocycles. The van der Waals surface area contributed by atoms with Crippen LogP contribution in [0.5, 0.6) is 17.2 Å². The second-order valence-electron chi connectivity index (χ2n) is 10.8. The highest BCUT2D eigenvalue weighted by Crippen LogP contribution is 2.50. The topological polar surface area (TPSA) is 65.0 Å². The number of aliphatic carboxylic acids is 1. The Morgan fingerprint density at radius 2 is 1.75 bits per heavy atom. The fourth-order valence-electron chi connectivity index (χ4n) is 5.41. The van der Waals surface area contributed by atoms with Crippen LogP contribution in [0.3, 0.4) is 0 Å². The van der Waals surface area contributed by atoms with Crippen LogP contribution >= 0.6 is 11.6 Å². The van der Waals surface area contributed by atoms with Gasteiger partial charge in [-0.05, 0) is 92.8 Å². The molecule has 0 unspecified atom stereocenters. The predicted molar refractivity (Wildman–Crippen MR) is 160 cm³/mol. The summed E-state index contributed by atoms with van der Waals surface area (Å²) in [4.78, 5) is 11.4. The third kappa shape index (κ3) is 7.26. The molecule has 1 heterocycles. The number of hydrogen-bond acceptors (Lipinski definition) is 4. The number of ether oxygens (including phenoxy) is 3. The highest BCUT2D eigenvalue weighted by atomic mass is 35.5. The smallest absolute Gasteiger partial charge is 0.341 e. The van der Waals surface area contributed by atoms with Gasteiger partial charge in [-0.3, -0.25) is 0 Å². The minimum absolute atomic E-state index is 0.0115. The Balaban J connectivity index is 1.73. The zero-order valence-electron chi connectivity index (χ0n) is 23.8. The first-order chi connectivity index (χ1) is 19.2. The van der Waals surface area contributed by atoms with Gasteiger partial charge in [-0.1, -0.05) is 61.7 Å². The van der Waals surface area contributed by atoms with Gasteiger partial charge in [0.1, 0.15) is 17.2 Å². The molecule has 0 bridgehead atoms. The van der Waals surface area contributed by atoms with Gasteiger partial charge in [0.05, 0.1) is 12.2 Å². The van der Waals surface area contributed by atoms with E-state index in [1.807, 2.05) is 43.3 Å². The summed E-state index contributed by atoms with van der Waals surface area (Å²) in [5.41, 5.74) is 5.31. The number of carboxylic acid groups (broad SMARTS) is 1. The van der Waals surface area contributed by atoms with Crippen LogP contribution in [-0.2, 0) is 9.53 Å². The molecule has 0 spiro atoms. The molecular weight excluding hydrogens is 524 g/mol. The number of hydrogen-bond donors (Lipinski definition) is 1. The van der Waals surface area contributed by atoms with Crippen LogP contribution in [0.15, 0.2) is 72.8 Å². The minimum Gasteiger partial charge on any atom is -0.482 e. The van der Waals surface area contributed by atoms with Crippen molar-refractivity contribution in [3.63, 3.8) is 0 Å². The Morgan fingerprint density at radius 1 is 1.05 bits per heavy atom. The SMILES string of the molecule is C=C(C)[C@@H]1C[C@@H](c2ccc(Cl)cc2)[C@@H](CCCC)O[C@H]1c1cc(Oc2ccc(C)c(C)c2)ccc1OCC(=O)O. The van der Waals surface area contributed by atoms with E-state index in [-0.39, 0.29) is 24.0 Å². The summed E-state index contributed by atoms with van der Waals surface area (Å²) in [6.45, 7) is 12.2. The normalized spacial score (nSPS) is 20.6. The zero-order chi connectivity index (χ0) is 28.8. The first kappa shape index (κ1) is 29.7. The third-order valence-corrected chi connectivity index (χ3v) is 8.02. The van der Waals surface area contributed by atoms with Gasteiger partial charge in [0.2, 0.25) is 0 Å². The van der Waals surface area contributed by atoms with Gasteiger partial charge in [0, 0.05) is 22.4 Å². The van der Waals surface area contributed by atoms with E-state index in [9.17, 15) is 9.90 Å². The fourth-order valence-corrected chi connectivity index (χ4v) is 5.53. The molecule has 1 aliphatic rings. The van der Waals surface area contributed by atoms with Crippen LogP contribution in [0.4, 0.5) is 0 Å². The Bertz CT molecular complexity index is 1330. The van der Waals surface area contributed by atoms with Crippen molar-refractivity contribution in [2.45, 2.75) is 71.5 Å². The summed E-state index contributed by atoms with van der Waals surface area (Å²) < 4.78 is 19.0. The molecule has 40 heavy (non-hydrogen) atoms. The summed E-state index contributed by atoms with van der Waals surface area (Å²) in [6, 6.07) is 19.5. The third-order valence-electron chi connectivity index (χ3n) is 7.77. The lowest BCUT2D eigenvalue weighted by atomic mass is 9.74. The highest BCUT2D eigenvalue weighted by Gasteiger charge is 2.40. The number of carboxylic acids is 1. The van der Waals surface area contributed by atoms with Crippen LogP contribution < -0.4 is 9.47 Å².